The average molecular weight is 324 g/mol. The summed E-state index contributed by atoms with van der Waals surface area (Å²) < 4.78 is 9.20. The summed E-state index contributed by atoms with van der Waals surface area (Å²) in [5, 5.41) is 3.98. The maximum atomic E-state index is 12.5. The number of aryl methyl sites for hydroxylation is 1. The van der Waals surface area contributed by atoms with Crippen LogP contribution in [0.2, 0.25) is 0 Å². The molecule has 6 nitrogen and oxygen atoms in total. The van der Waals surface area contributed by atoms with Crippen molar-refractivity contribution < 1.29 is 9.53 Å². The first-order chi connectivity index (χ1) is 10.5. The normalized spacial score (nSPS) is 25.0. The molecule has 0 bridgehead atoms. The highest BCUT2D eigenvalue weighted by molar-refractivity contribution is 7.05. The molecule has 1 aromatic rings. The standard InChI is InChI=1S/C15H24N4O2S/c1-11-13(16-17-22-11)14(20)19-6-4-15(5-7-19)8-12(9-21-3)18(2)10-15/h12H,4-10H2,1-3H3. The molecule has 1 spiro atoms. The van der Waals surface area contributed by atoms with Crippen LogP contribution in [0.4, 0.5) is 0 Å². The van der Waals surface area contributed by atoms with Crippen molar-refractivity contribution >= 4 is 17.4 Å². The Hall–Kier alpha value is -1.05. The Balaban J connectivity index is 1.61. The fraction of sp³-hybridized carbons (Fsp3) is 0.800. The number of carbonyl (C=O) groups excluding carboxylic acids is 1. The summed E-state index contributed by atoms with van der Waals surface area (Å²) in [6, 6.07) is 0.511. The van der Waals surface area contributed by atoms with Crippen LogP contribution in [0.3, 0.4) is 0 Å². The number of hydrogen-bond donors (Lipinski definition) is 0. The zero-order valence-electron chi connectivity index (χ0n) is 13.5. The molecule has 0 N–H and O–H groups in total. The predicted molar refractivity (Wildman–Crippen MR) is 85.1 cm³/mol. The molecule has 1 aromatic heterocycles. The molecule has 0 saturated carbocycles. The lowest BCUT2D eigenvalue weighted by molar-refractivity contribution is 0.0585. The Morgan fingerprint density at radius 1 is 1.45 bits per heavy atom. The summed E-state index contributed by atoms with van der Waals surface area (Å²) in [6.45, 7) is 5.46. The van der Waals surface area contributed by atoms with E-state index in [2.05, 4.69) is 21.5 Å². The van der Waals surface area contributed by atoms with Crippen LogP contribution in [-0.2, 0) is 4.74 Å². The topological polar surface area (TPSA) is 58.6 Å². The predicted octanol–water partition coefficient (Wildman–Crippen LogP) is 1.42. The molecule has 0 aliphatic carbocycles. The van der Waals surface area contributed by atoms with Gasteiger partial charge in [-0.1, -0.05) is 4.49 Å². The Kier molecular flexibility index (Phi) is 4.47. The van der Waals surface area contributed by atoms with Crippen molar-refractivity contribution in [1.82, 2.24) is 19.4 Å². The maximum absolute atomic E-state index is 12.5. The van der Waals surface area contributed by atoms with Crippen molar-refractivity contribution in [2.24, 2.45) is 5.41 Å². The van der Waals surface area contributed by atoms with Crippen LogP contribution in [0.1, 0.15) is 34.6 Å². The minimum absolute atomic E-state index is 0.0425. The second kappa shape index (κ2) is 6.22. The molecule has 7 heteroatoms. The summed E-state index contributed by atoms with van der Waals surface area (Å²) in [7, 11) is 3.95. The number of ether oxygens (including phenoxy) is 1. The number of likely N-dealkylation sites (N-methyl/N-ethyl adjacent to an activating group) is 1. The van der Waals surface area contributed by atoms with E-state index in [9.17, 15) is 4.79 Å². The lowest BCUT2D eigenvalue weighted by Crippen LogP contribution is -2.44. The van der Waals surface area contributed by atoms with Gasteiger partial charge >= 0.3 is 0 Å². The molecule has 0 aromatic carbocycles. The molecule has 2 fully saturated rings. The lowest BCUT2D eigenvalue weighted by Gasteiger charge is -2.39. The van der Waals surface area contributed by atoms with Crippen LogP contribution in [0.25, 0.3) is 0 Å². The number of amides is 1. The van der Waals surface area contributed by atoms with E-state index in [1.807, 2.05) is 11.8 Å². The van der Waals surface area contributed by atoms with Crippen LogP contribution < -0.4 is 0 Å². The third kappa shape index (κ3) is 2.89. The van der Waals surface area contributed by atoms with E-state index in [0.717, 1.165) is 44.0 Å². The van der Waals surface area contributed by atoms with Gasteiger partial charge in [-0.15, -0.1) is 5.10 Å². The molecule has 1 unspecified atom stereocenters. The summed E-state index contributed by atoms with van der Waals surface area (Å²) in [4.78, 5) is 17.8. The first-order valence-corrected chi connectivity index (χ1v) is 8.59. The van der Waals surface area contributed by atoms with Crippen LogP contribution in [0.15, 0.2) is 0 Å². The Bertz CT molecular complexity index is 539. The zero-order valence-corrected chi connectivity index (χ0v) is 14.4. The van der Waals surface area contributed by atoms with Crippen LogP contribution in [-0.4, -0.2) is 71.7 Å². The summed E-state index contributed by atoms with van der Waals surface area (Å²) in [5.74, 6) is 0.0425. The number of piperidine rings is 1. The smallest absolute Gasteiger partial charge is 0.275 e. The molecule has 1 amide bonds. The van der Waals surface area contributed by atoms with Crippen molar-refractivity contribution in [2.75, 3.05) is 40.4 Å². The molecule has 0 radical (unpaired) electrons. The lowest BCUT2D eigenvalue weighted by atomic mass is 9.76. The Labute approximate surface area is 135 Å². The summed E-state index contributed by atoms with van der Waals surface area (Å²) in [5.41, 5.74) is 0.881. The van der Waals surface area contributed by atoms with Crippen LogP contribution >= 0.6 is 11.5 Å². The minimum Gasteiger partial charge on any atom is -0.383 e. The quantitative estimate of drug-likeness (QED) is 0.841. The fourth-order valence-corrected chi connectivity index (χ4v) is 4.34. The van der Waals surface area contributed by atoms with Gasteiger partial charge in [0.1, 0.15) is 0 Å². The number of aromatic nitrogens is 2. The molecule has 3 heterocycles. The van der Waals surface area contributed by atoms with Crippen molar-refractivity contribution in [3.63, 3.8) is 0 Å². The molecule has 3 rings (SSSR count). The van der Waals surface area contributed by atoms with Gasteiger partial charge in [-0.3, -0.25) is 4.79 Å². The van der Waals surface area contributed by atoms with Gasteiger partial charge in [-0.05, 0) is 50.2 Å². The van der Waals surface area contributed by atoms with Gasteiger partial charge in [-0.2, -0.15) is 0 Å². The van der Waals surface area contributed by atoms with E-state index in [0.29, 0.717) is 17.2 Å². The van der Waals surface area contributed by atoms with Crippen LogP contribution in [0.5, 0.6) is 0 Å². The van der Waals surface area contributed by atoms with Gasteiger partial charge in [0.05, 0.1) is 11.5 Å². The molecule has 2 aliphatic rings. The highest BCUT2D eigenvalue weighted by atomic mass is 32.1. The second-order valence-electron chi connectivity index (χ2n) is 6.70. The number of likely N-dealkylation sites (tertiary alicyclic amines) is 2. The fourth-order valence-electron chi connectivity index (χ4n) is 3.88. The third-order valence-electron chi connectivity index (χ3n) is 5.20. The largest absolute Gasteiger partial charge is 0.383 e. The molecule has 122 valence electrons. The maximum Gasteiger partial charge on any atom is 0.275 e. The monoisotopic (exact) mass is 324 g/mol. The van der Waals surface area contributed by atoms with Gasteiger partial charge in [-0.25, -0.2) is 0 Å². The van der Waals surface area contributed by atoms with E-state index in [1.165, 1.54) is 18.0 Å². The van der Waals surface area contributed by atoms with Gasteiger partial charge in [0.25, 0.3) is 5.91 Å². The van der Waals surface area contributed by atoms with E-state index in [4.69, 9.17) is 4.74 Å². The van der Waals surface area contributed by atoms with Crippen LogP contribution in [0, 0.1) is 12.3 Å². The van der Waals surface area contributed by atoms with E-state index in [1.54, 1.807) is 7.11 Å². The van der Waals surface area contributed by atoms with Gasteiger partial charge in [0, 0.05) is 32.8 Å². The molecule has 22 heavy (non-hydrogen) atoms. The highest BCUT2D eigenvalue weighted by Crippen LogP contribution is 2.43. The van der Waals surface area contributed by atoms with Gasteiger partial charge in [0.2, 0.25) is 0 Å². The summed E-state index contributed by atoms with van der Waals surface area (Å²) >= 11 is 1.29. The van der Waals surface area contributed by atoms with E-state index >= 15 is 0 Å². The van der Waals surface area contributed by atoms with Crippen molar-refractivity contribution in [3.05, 3.63) is 10.6 Å². The average Bonchev–Trinajstić information content (AvgIpc) is 3.04. The Morgan fingerprint density at radius 2 is 2.18 bits per heavy atom. The second-order valence-corrected chi connectivity index (χ2v) is 7.66. The number of methoxy groups -OCH3 is 1. The first-order valence-electron chi connectivity index (χ1n) is 7.82. The number of hydrogen-bond acceptors (Lipinski definition) is 6. The molecule has 1 atom stereocenters. The SMILES string of the molecule is COCC1CC2(CCN(C(=O)c3nnsc3C)CC2)CN1C. The summed E-state index contributed by atoms with van der Waals surface area (Å²) in [6.07, 6.45) is 3.32. The van der Waals surface area contributed by atoms with E-state index in [-0.39, 0.29) is 5.91 Å². The molecular weight excluding hydrogens is 300 g/mol. The van der Waals surface area contributed by atoms with Crippen molar-refractivity contribution in [1.29, 1.82) is 0 Å². The van der Waals surface area contributed by atoms with E-state index < -0.39 is 0 Å². The minimum atomic E-state index is 0.0425. The Morgan fingerprint density at radius 3 is 2.77 bits per heavy atom. The van der Waals surface area contributed by atoms with Gasteiger partial charge in [0.15, 0.2) is 5.69 Å². The first kappa shape index (κ1) is 15.8. The molecule has 2 aliphatic heterocycles. The number of carbonyl (C=O) groups is 1. The molecule has 2 saturated heterocycles. The van der Waals surface area contributed by atoms with Crippen molar-refractivity contribution in [3.8, 4) is 0 Å². The highest BCUT2D eigenvalue weighted by Gasteiger charge is 2.44. The third-order valence-corrected chi connectivity index (χ3v) is 5.83. The number of rotatable bonds is 3. The van der Waals surface area contributed by atoms with Gasteiger partial charge < -0.3 is 14.5 Å². The number of nitrogens with zero attached hydrogens (tertiary/aromatic N) is 4. The van der Waals surface area contributed by atoms with Crippen molar-refractivity contribution in [2.45, 2.75) is 32.2 Å². The molecular formula is C15H24N4O2S. The zero-order chi connectivity index (χ0) is 15.7.